The molecule has 1 aromatic heterocycles. The van der Waals surface area contributed by atoms with Crippen LogP contribution in [-0.4, -0.2) is 22.0 Å². The maximum absolute atomic E-state index is 4.41. The van der Waals surface area contributed by atoms with Gasteiger partial charge in [0.15, 0.2) is 0 Å². The van der Waals surface area contributed by atoms with E-state index in [1.54, 1.807) is 0 Å². The van der Waals surface area contributed by atoms with Crippen LogP contribution in [0.4, 0.5) is 0 Å². The van der Waals surface area contributed by atoms with Crippen LogP contribution in [0.25, 0.3) is 5.69 Å². The Kier molecular flexibility index (Phi) is 4.94. The van der Waals surface area contributed by atoms with Crippen LogP contribution in [-0.2, 0) is 6.42 Å². The predicted molar refractivity (Wildman–Crippen MR) is 85.3 cm³/mol. The van der Waals surface area contributed by atoms with Crippen LogP contribution in [0.15, 0.2) is 22.7 Å². The molecule has 0 bridgehead atoms. The summed E-state index contributed by atoms with van der Waals surface area (Å²) in [5.41, 5.74) is 4.46. The average molecular weight is 337 g/mol. The third-order valence-corrected chi connectivity index (χ3v) is 4.65. The van der Waals surface area contributed by atoms with E-state index >= 15 is 0 Å². The molecule has 0 spiro atoms. The number of nitrogens with zero attached hydrogens (tertiary/aromatic N) is 3. The molecule has 0 fully saturated rings. The molecule has 1 heterocycles. The molecule has 0 aliphatic rings. The van der Waals surface area contributed by atoms with Gasteiger partial charge >= 0.3 is 0 Å². The number of benzene rings is 1. The Labute approximate surface area is 128 Å². The monoisotopic (exact) mass is 336 g/mol. The molecule has 2 rings (SSSR count). The molecule has 0 radical (unpaired) electrons. The van der Waals surface area contributed by atoms with E-state index in [2.05, 4.69) is 64.5 Å². The van der Waals surface area contributed by atoms with E-state index < -0.39 is 0 Å². The topological polar surface area (TPSA) is 42.7 Å². The van der Waals surface area contributed by atoms with Gasteiger partial charge < -0.3 is 5.32 Å². The molecule has 1 N–H and O–H groups in total. The number of hydrogen-bond donors (Lipinski definition) is 1. The number of rotatable bonds is 5. The summed E-state index contributed by atoms with van der Waals surface area (Å²) in [6.45, 7) is 6.38. The van der Waals surface area contributed by atoms with Crippen molar-refractivity contribution >= 4 is 15.9 Å². The standard InChI is InChI=1S/C15H21BrN4/c1-5-11(17-4)15-12(6-2)20(19-18-15)13-9-7-8-10(3)14(13)16/h7-9,11,17H,5-6H2,1-4H3. The summed E-state index contributed by atoms with van der Waals surface area (Å²) in [4.78, 5) is 0. The van der Waals surface area contributed by atoms with E-state index in [-0.39, 0.29) is 6.04 Å². The molecule has 0 amide bonds. The lowest BCUT2D eigenvalue weighted by Crippen LogP contribution is -2.17. The third kappa shape index (κ3) is 2.65. The predicted octanol–water partition coefficient (Wildman–Crippen LogP) is 3.57. The first-order chi connectivity index (χ1) is 9.63. The smallest absolute Gasteiger partial charge is 0.103 e. The Bertz CT molecular complexity index is 588. The van der Waals surface area contributed by atoms with Gasteiger partial charge in [0, 0.05) is 4.47 Å². The van der Waals surface area contributed by atoms with Crippen molar-refractivity contribution < 1.29 is 0 Å². The molecule has 0 saturated carbocycles. The molecule has 0 aliphatic heterocycles. The van der Waals surface area contributed by atoms with E-state index in [9.17, 15) is 0 Å². The maximum atomic E-state index is 4.41. The maximum Gasteiger partial charge on any atom is 0.103 e. The molecule has 1 aromatic carbocycles. The normalized spacial score (nSPS) is 12.7. The second-order valence-electron chi connectivity index (χ2n) is 4.84. The van der Waals surface area contributed by atoms with E-state index in [4.69, 9.17) is 0 Å². The van der Waals surface area contributed by atoms with Crippen LogP contribution in [0.5, 0.6) is 0 Å². The van der Waals surface area contributed by atoms with Gasteiger partial charge in [0.1, 0.15) is 5.69 Å². The third-order valence-electron chi connectivity index (χ3n) is 3.61. The zero-order valence-electron chi connectivity index (χ0n) is 12.4. The molecule has 4 nitrogen and oxygen atoms in total. The van der Waals surface area contributed by atoms with Crippen molar-refractivity contribution in [3.63, 3.8) is 0 Å². The van der Waals surface area contributed by atoms with Gasteiger partial charge in [-0.15, -0.1) is 5.10 Å². The van der Waals surface area contributed by atoms with Crippen molar-refractivity contribution in [3.05, 3.63) is 39.6 Å². The van der Waals surface area contributed by atoms with Crippen LogP contribution in [0, 0.1) is 6.92 Å². The summed E-state index contributed by atoms with van der Waals surface area (Å²) in [6, 6.07) is 6.45. The van der Waals surface area contributed by atoms with Gasteiger partial charge in [0.2, 0.25) is 0 Å². The summed E-state index contributed by atoms with van der Waals surface area (Å²) in [5, 5.41) is 12.1. The van der Waals surface area contributed by atoms with Crippen molar-refractivity contribution in [2.45, 2.75) is 39.7 Å². The van der Waals surface area contributed by atoms with Gasteiger partial charge in [0.25, 0.3) is 0 Å². The van der Waals surface area contributed by atoms with Crippen molar-refractivity contribution in [3.8, 4) is 5.69 Å². The number of halogens is 1. The first-order valence-corrected chi connectivity index (χ1v) is 7.80. The summed E-state index contributed by atoms with van der Waals surface area (Å²) in [7, 11) is 1.97. The van der Waals surface area contributed by atoms with Gasteiger partial charge in [-0.1, -0.05) is 31.2 Å². The molecular weight excluding hydrogens is 316 g/mol. The van der Waals surface area contributed by atoms with Crippen LogP contribution in [0.3, 0.4) is 0 Å². The zero-order chi connectivity index (χ0) is 14.7. The first-order valence-electron chi connectivity index (χ1n) is 7.01. The molecule has 108 valence electrons. The van der Waals surface area contributed by atoms with Crippen molar-refractivity contribution in [2.75, 3.05) is 7.05 Å². The van der Waals surface area contributed by atoms with Crippen LogP contribution in [0.1, 0.15) is 43.3 Å². The van der Waals surface area contributed by atoms with Gasteiger partial charge in [-0.25, -0.2) is 4.68 Å². The minimum absolute atomic E-state index is 0.252. The second-order valence-corrected chi connectivity index (χ2v) is 5.64. The molecule has 0 aliphatic carbocycles. The van der Waals surface area contributed by atoms with Gasteiger partial charge in [0.05, 0.1) is 17.4 Å². The molecule has 1 unspecified atom stereocenters. The minimum atomic E-state index is 0.252. The van der Waals surface area contributed by atoms with Crippen molar-refractivity contribution in [1.29, 1.82) is 0 Å². The highest BCUT2D eigenvalue weighted by molar-refractivity contribution is 9.10. The minimum Gasteiger partial charge on any atom is -0.312 e. The highest BCUT2D eigenvalue weighted by Crippen LogP contribution is 2.27. The number of hydrogen-bond acceptors (Lipinski definition) is 3. The fourth-order valence-electron chi connectivity index (χ4n) is 2.44. The molecule has 2 aromatic rings. The Morgan fingerprint density at radius 3 is 2.70 bits per heavy atom. The highest BCUT2D eigenvalue weighted by atomic mass is 79.9. The van der Waals surface area contributed by atoms with Crippen LogP contribution in [0.2, 0.25) is 0 Å². The number of aromatic nitrogens is 3. The van der Waals surface area contributed by atoms with Gasteiger partial charge in [-0.05, 0) is 54.4 Å². The van der Waals surface area contributed by atoms with Crippen molar-refractivity contribution in [2.24, 2.45) is 0 Å². The molecular formula is C15H21BrN4. The Balaban J connectivity index is 2.56. The van der Waals surface area contributed by atoms with Gasteiger partial charge in [-0.2, -0.15) is 0 Å². The first kappa shape index (κ1) is 15.2. The lowest BCUT2D eigenvalue weighted by molar-refractivity contribution is 0.555. The van der Waals surface area contributed by atoms with Crippen molar-refractivity contribution in [1.82, 2.24) is 20.3 Å². The summed E-state index contributed by atoms with van der Waals surface area (Å²) in [5.74, 6) is 0. The van der Waals surface area contributed by atoms with Gasteiger partial charge in [-0.3, -0.25) is 0 Å². The summed E-state index contributed by atoms with van der Waals surface area (Å²) < 4.78 is 3.02. The Morgan fingerprint density at radius 1 is 1.35 bits per heavy atom. The lowest BCUT2D eigenvalue weighted by atomic mass is 10.1. The fraction of sp³-hybridized carbons (Fsp3) is 0.467. The average Bonchev–Trinajstić information content (AvgIpc) is 2.87. The number of aryl methyl sites for hydroxylation is 1. The van der Waals surface area contributed by atoms with E-state index in [0.29, 0.717) is 0 Å². The quantitative estimate of drug-likeness (QED) is 0.907. The summed E-state index contributed by atoms with van der Waals surface area (Å²) in [6.07, 6.45) is 1.90. The van der Waals surface area contributed by atoms with Crippen LogP contribution < -0.4 is 5.32 Å². The Hall–Kier alpha value is -1.20. The molecule has 20 heavy (non-hydrogen) atoms. The van der Waals surface area contributed by atoms with E-state index in [1.807, 2.05) is 17.8 Å². The second kappa shape index (κ2) is 6.50. The molecule has 0 saturated heterocycles. The summed E-state index contributed by atoms with van der Waals surface area (Å²) >= 11 is 3.66. The lowest BCUT2D eigenvalue weighted by Gasteiger charge is -2.14. The fourth-order valence-corrected chi connectivity index (χ4v) is 2.87. The SMILES string of the molecule is CCc1c(C(CC)NC)nnn1-c1cccc(C)c1Br. The van der Waals surface area contributed by atoms with E-state index in [0.717, 1.165) is 34.4 Å². The number of nitrogens with one attached hydrogen (secondary N) is 1. The largest absolute Gasteiger partial charge is 0.312 e. The zero-order valence-corrected chi connectivity index (χ0v) is 14.0. The molecule has 1 atom stereocenters. The highest BCUT2D eigenvalue weighted by Gasteiger charge is 2.20. The van der Waals surface area contributed by atoms with E-state index in [1.165, 1.54) is 5.56 Å². The molecule has 5 heteroatoms. The Morgan fingerprint density at radius 2 is 2.10 bits per heavy atom. The van der Waals surface area contributed by atoms with Crippen LogP contribution >= 0.6 is 15.9 Å².